The van der Waals surface area contributed by atoms with Crippen LogP contribution in [0, 0.1) is 0 Å². The molecule has 1 aromatic heterocycles. The van der Waals surface area contributed by atoms with E-state index in [2.05, 4.69) is 54.6 Å². The Morgan fingerprint density at radius 1 is 0.688 bits per heavy atom. The molecule has 0 atom stereocenters. The van der Waals surface area contributed by atoms with E-state index in [1.807, 2.05) is 11.3 Å². The highest BCUT2D eigenvalue weighted by Crippen LogP contribution is 2.38. The third-order valence-corrected chi connectivity index (χ3v) is 8.61. The van der Waals surface area contributed by atoms with Crippen molar-refractivity contribution >= 4 is 54.9 Å². The van der Waals surface area contributed by atoms with E-state index in [4.69, 9.17) is 9.31 Å². The quantitative estimate of drug-likeness (QED) is 0.296. The molecular weight excluding hydrogens is 411 g/mol. The van der Waals surface area contributed by atoms with Crippen LogP contribution >= 0.6 is 11.3 Å². The molecule has 0 saturated heterocycles. The van der Waals surface area contributed by atoms with E-state index in [0.29, 0.717) is 12.2 Å². The molecule has 4 heteroatoms. The predicted octanol–water partition coefficient (Wildman–Crippen LogP) is 7.60. The Kier molecular flexibility index (Phi) is 5.93. The molecule has 2 nitrogen and oxygen atoms in total. The van der Waals surface area contributed by atoms with E-state index in [1.165, 1.54) is 74.9 Å². The maximum Gasteiger partial charge on any atom is 0.495 e. The molecule has 0 spiro atoms. The van der Waals surface area contributed by atoms with Crippen LogP contribution in [0.1, 0.15) is 64.2 Å². The van der Waals surface area contributed by atoms with Gasteiger partial charge in [-0.3, -0.25) is 0 Å². The molecule has 0 bridgehead atoms. The van der Waals surface area contributed by atoms with Gasteiger partial charge < -0.3 is 9.31 Å². The first-order valence-corrected chi connectivity index (χ1v) is 13.3. The molecule has 0 radical (unpaired) electrons. The fraction of sp³-hybridized carbons (Fsp3) is 0.429. The van der Waals surface area contributed by atoms with Crippen LogP contribution in [-0.4, -0.2) is 19.3 Å². The van der Waals surface area contributed by atoms with E-state index in [1.54, 1.807) is 0 Å². The second-order valence-corrected chi connectivity index (χ2v) is 10.7. The van der Waals surface area contributed by atoms with Crippen molar-refractivity contribution in [2.24, 2.45) is 0 Å². The summed E-state index contributed by atoms with van der Waals surface area (Å²) in [5.74, 6) is 0. The largest absolute Gasteiger partial charge is 0.495 e. The van der Waals surface area contributed by atoms with Gasteiger partial charge in [-0.25, -0.2) is 0 Å². The highest BCUT2D eigenvalue weighted by Gasteiger charge is 2.33. The zero-order valence-corrected chi connectivity index (χ0v) is 19.5. The molecule has 164 valence electrons. The maximum absolute atomic E-state index is 6.82. The average molecular weight is 442 g/mol. The van der Waals surface area contributed by atoms with Crippen LogP contribution in [0.2, 0.25) is 0 Å². The van der Waals surface area contributed by atoms with Gasteiger partial charge in [0.1, 0.15) is 0 Å². The fourth-order valence-electron chi connectivity index (χ4n) is 5.71. The molecule has 0 amide bonds. The summed E-state index contributed by atoms with van der Waals surface area (Å²) < 4.78 is 16.3. The van der Waals surface area contributed by atoms with Crippen molar-refractivity contribution in [1.29, 1.82) is 0 Å². The Bertz CT molecular complexity index is 1200. The van der Waals surface area contributed by atoms with Crippen LogP contribution in [0.25, 0.3) is 30.9 Å². The lowest BCUT2D eigenvalue weighted by molar-refractivity contribution is 0.0729. The van der Waals surface area contributed by atoms with Gasteiger partial charge in [0.05, 0.1) is 0 Å². The minimum atomic E-state index is -0.277. The standard InChI is InChI=1S/C28H31BO2S/c1-3-12-21(13-4-1)30-29(31-22-14-5-2-6-15-22)25-19-20-11-7-8-16-23(20)27-24-17-9-10-18-26(24)32-28(25)27/h7-11,16-19,21-22H,1-6,12-15H2. The van der Waals surface area contributed by atoms with E-state index in [9.17, 15) is 0 Å². The number of fused-ring (bicyclic) bond motifs is 5. The molecule has 3 aromatic carbocycles. The highest BCUT2D eigenvalue weighted by molar-refractivity contribution is 7.27. The van der Waals surface area contributed by atoms with E-state index in [0.717, 1.165) is 25.7 Å². The number of benzene rings is 3. The normalized spacial score (nSPS) is 18.6. The molecule has 2 fully saturated rings. The first-order chi connectivity index (χ1) is 15.9. The lowest BCUT2D eigenvalue weighted by atomic mass is 9.75. The van der Waals surface area contributed by atoms with E-state index in [-0.39, 0.29) is 7.12 Å². The summed E-state index contributed by atoms with van der Waals surface area (Å²) in [5, 5.41) is 5.32. The van der Waals surface area contributed by atoms with Crippen LogP contribution in [0.15, 0.2) is 54.6 Å². The van der Waals surface area contributed by atoms with Gasteiger partial charge in [0, 0.05) is 37.8 Å². The first-order valence-electron chi connectivity index (χ1n) is 12.5. The Morgan fingerprint density at radius 2 is 1.28 bits per heavy atom. The lowest BCUT2D eigenvalue weighted by Gasteiger charge is -2.30. The number of rotatable bonds is 5. The van der Waals surface area contributed by atoms with Crippen molar-refractivity contribution < 1.29 is 9.31 Å². The van der Waals surface area contributed by atoms with Crippen molar-refractivity contribution in [2.45, 2.75) is 76.4 Å². The Balaban J connectivity index is 1.50. The molecule has 2 saturated carbocycles. The van der Waals surface area contributed by atoms with Crippen LogP contribution < -0.4 is 5.46 Å². The molecule has 0 aliphatic heterocycles. The topological polar surface area (TPSA) is 18.5 Å². The van der Waals surface area contributed by atoms with Gasteiger partial charge in [0.25, 0.3) is 0 Å². The Hall–Kier alpha value is -1.88. The molecule has 0 unspecified atom stereocenters. The van der Waals surface area contributed by atoms with Crippen LogP contribution in [0.4, 0.5) is 0 Å². The highest BCUT2D eigenvalue weighted by atomic mass is 32.1. The van der Waals surface area contributed by atoms with Gasteiger partial charge in [-0.2, -0.15) is 0 Å². The number of thiophene rings is 1. The third-order valence-electron chi connectivity index (χ3n) is 7.39. The summed E-state index contributed by atoms with van der Waals surface area (Å²) in [7, 11) is -0.277. The molecule has 2 aliphatic carbocycles. The van der Waals surface area contributed by atoms with Gasteiger partial charge in [-0.05, 0) is 42.5 Å². The molecule has 6 rings (SSSR count). The number of hydrogen-bond acceptors (Lipinski definition) is 3. The molecule has 1 heterocycles. The summed E-state index contributed by atoms with van der Waals surface area (Å²) in [6, 6.07) is 20.0. The zero-order chi connectivity index (χ0) is 21.3. The van der Waals surface area contributed by atoms with Crippen LogP contribution in [-0.2, 0) is 9.31 Å². The Labute approximate surface area is 195 Å². The van der Waals surface area contributed by atoms with Gasteiger partial charge in [-0.15, -0.1) is 11.3 Å². The predicted molar refractivity (Wildman–Crippen MR) is 138 cm³/mol. The molecule has 32 heavy (non-hydrogen) atoms. The van der Waals surface area contributed by atoms with Gasteiger partial charge in [0.2, 0.25) is 0 Å². The second-order valence-electron chi connectivity index (χ2n) is 9.61. The van der Waals surface area contributed by atoms with Crippen LogP contribution in [0.3, 0.4) is 0 Å². The van der Waals surface area contributed by atoms with Crippen molar-refractivity contribution in [2.75, 3.05) is 0 Å². The summed E-state index contributed by atoms with van der Waals surface area (Å²) >= 11 is 1.90. The minimum absolute atomic E-state index is 0.277. The molecule has 0 N–H and O–H groups in total. The van der Waals surface area contributed by atoms with Crippen molar-refractivity contribution in [3.05, 3.63) is 54.6 Å². The average Bonchev–Trinajstić information content (AvgIpc) is 3.24. The summed E-state index contributed by atoms with van der Waals surface area (Å²) in [5.41, 5.74) is 1.23. The zero-order valence-electron chi connectivity index (χ0n) is 18.7. The minimum Gasteiger partial charge on any atom is -0.404 e. The molecular formula is C28H31BO2S. The van der Waals surface area contributed by atoms with E-state index < -0.39 is 0 Å². The first kappa shape index (κ1) is 20.7. The summed E-state index contributed by atoms with van der Waals surface area (Å²) in [4.78, 5) is 0. The van der Waals surface area contributed by atoms with Crippen molar-refractivity contribution in [3.63, 3.8) is 0 Å². The molecule has 4 aromatic rings. The van der Waals surface area contributed by atoms with Gasteiger partial charge in [-0.1, -0.05) is 87.1 Å². The second kappa shape index (κ2) is 9.17. The van der Waals surface area contributed by atoms with Gasteiger partial charge >= 0.3 is 7.12 Å². The van der Waals surface area contributed by atoms with Crippen LogP contribution in [0.5, 0.6) is 0 Å². The number of hydrogen-bond donors (Lipinski definition) is 0. The van der Waals surface area contributed by atoms with Crippen molar-refractivity contribution in [3.8, 4) is 0 Å². The third kappa shape index (κ3) is 3.98. The summed E-state index contributed by atoms with van der Waals surface area (Å²) in [6.45, 7) is 0. The smallest absolute Gasteiger partial charge is 0.404 e. The van der Waals surface area contributed by atoms with Crippen molar-refractivity contribution in [1.82, 2.24) is 0 Å². The maximum atomic E-state index is 6.82. The fourth-order valence-corrected chi connectivity index (χ4v) is 6.95. The lowest BCUT2D eigenvalue weighted by Crippen LogP contribution is -2.44. The van der Waals surface area contributed by atoms with E-state index >= 15 is 0 Å². The monoisotopic (exact) mass is 442 g/mol. The summed E-state index contributed by atoms with van der Waals surface area (Å²) in [6.07, 6.45) is 13.0. The molecule has 2 aliphatic rings. The Morgan fingerprint density at radius 3 is 1.97 bits per heavy atom. The van der Waals surface area contributed by atoms with Gasteiger partial charge in [0.15, 0.2) is 0 Å². The SMILES string of the molecule is c1ccc2c(c1)cc(B(OC1CCCCC1)OC1CCCCC1)c1sc3ccccc3c12.